The van der Waals surface area contributed by atoms with Crippen LogP contribution < -0.4 is 0 Å². The normalized spacial score (nSPS) is 10.6. The third-order valence-electron chi connectivity index (χ3n) is 2.32. The molecule has 0 aliphatic carbocycles. The van der Waals surface area contributed by atoms with Gasteiger partial charge in [-0.05, 0) is 23.8 Å². The largest absolute Gasteiger partial charge is 0.390 e. The van der Waals surface area contributed by atoms with Gasteiger partial charge in [0.05, 0.1) is 28.5 Å². The molecule has 0 saturated heterocycles. The van der Waals surface area contributed by atoms with E-state index in [4.69, 9.17) is 28.3 Å². The highest BCUT2D eigenvalue weighted by molar-refractivity contribution is 6.42. The summed E-state index contributed by atoms with van der Waals surface area (Å²) >= 11 is 11.7. The molecule has 2 rings (SSSR count). The summed E-state index contributed by atoms with van der Waals surface area (Å²) in [6.45, 7) is -0.268. The van der Waals surface area contributed by atoms with E-state index in [2.05, 4.69) is 4.98 Å². The fourth-order valence-electron chi connectivity index (χ4n) is 1.51. The van der Waals surface area contributed by atoms with Gasteiger partial charge in [0.1, 0.15) is 5.82 Å². The number of rotatable bonds is 2. The lowest BCUT2D eigenvalue weighted by Gasteiger charge is -2.07. The van der Waals surface area contributed by atoms with E-state index in [1.54, 1.807) is 18.2 Å². The van der Waals surface area contributed by atoms with E-state index in [9.17, 15) is 4.39 Å². The average Bonchev–Trinajstić information content (AvgIpc) is 2.32. The molecule has 0 amide bonds. The Labute approximate surface area is 108 Å². The average molecular weight is 272 g/mol. The van der Waals surface area contributed by atoms with Gasteiger partial charge in [0.2, 0.25) is 0 Å². The van der Waals surface area contributed by atoms with Crippen LogP contribution in [0.25, 0.3) is 11.1 Å². The van der Waals surface area contributed by atoms with Gasteiger partial charge in [0, 0.05) is 5.56 Å². The predicted octanol–water partition coefficient (Wildman–Crippen LogP) is 3.69. The number of aromatic nitrogens is 1. The Morgan fingerprint density at radius 2 is 1.94 bits per heavy atom. The van der Waals surface area contributed by atoms with E-state index in [-0.39, 0.29) is 6.61 Å². The first-order chi connectivity index (χ1) is 8.11. The van der Waals surface area contributed by atoms with Crippen LogP contribution in [-0.4, -0.2) is 10.1 Å². The molecule has 1 heterocycles. The molecule has 2 nitrogen and oxygen atoms in total. The van der Waals surface area contributed by atoms with Gasteiger partial charge in [0.15, 0.2) is 0 Å². The maximum Gasteiger partial charge on any atom is 0.142 e. The molecule has 1 aromatic carbocycles. The minimum atomic E-state index is -0.469. The molecule has 0 fully saturated rings. The molecule has 0 unspecified atom stereocenters. The summed E-state index contributed by atoms with van der Waals surface area (Å²) in [5, 5.41) is 9.94. The van der Waals surface area contributed by atoms with Gasteiger partial charge in [-0.2, -0.15) is 0 Å². The lowest BCUT2D eigenvalue weighted by atomic mass is 10.0. The Kier molecular flexibility index (Phi) is 3.62. The van der Waals surface area contributed by atoms with E-state index in [0.29, 0.717) is 26.9 Å². The van der Waals surface area contributed by atoms with Crippen molar-refractivity contribution in [2.45, 2.75) is 6.61 Å². The summed E-state index contributed by atoms with van der Waals surface area (Å²) < 4.78 is 13.1. The van der Waals surface area contributed by atoms with Crippen molar-refractivity contribution < 1.29 is 9.50 Å². The SMILES string of the molecule is OCc1ncc(F)cc1-c1ccc(Cl)c(Cl)c1. The first kappa shape index (κ1) is 12.3. The Morgan fingerprint density at radius 1 is 1.18 bits per heavy atom. The summed E-state index contributed by atoms with van der Waals surface area (Å²) in [5.41, 5.74) is 1.56. The molecule has 0 spiro atoms. The summed E-state index contributed by atoms with van der Waals surface area (Å²) in [7, 11) is 0. The maximum atomic E-state index is 13.1. The molecule has 88 valence electrons. The molecule has 17 heavy (non-hydrogen) atoms. The van der Waals surface area contributed by atoms with Crippen LogP contribution in [-0.2, 0) is 6.61 Å². The molecule has 0 radical (unpaired) electrons. The van der Waals surface area contributed by atoms with Crippen LogP contribution in [0.2, 0.25) is 10.0 Å². The molecule has 2 aromatic rings. The highest BCUT2D eigenvalue weighted by Gasteiger charge is 2.09. The standard InChI is InChI=1S/C12H8Cl2FNO/c13-10-2-1-7(3-11(10)14)9-4-8(15)5-16-12(9)6-17/h1-5,17H,6H2. The minimum absolute atomic E-state index is 0.268. The lowest BCUT2D eigenvalue weighted by molar-refractivity contribution is 0.277. The molecule has 0 aliphatic rings. The third kappa shape index (κ3) is 2.57. The molecule has 0 atom stereocenters. The Hall–Kier alpha value is -1.16. The van der Waals surface area contributed by atoms with Crippen molar-refractivity contribution in [1.29, 1.82) is 0 Å². The lowest BCUT2D eigenvalue weighted by Crippen LogP contribution is -1.95. The van der Waals surface area contributed by atoms with E-state index >= 15 is 0 Å². The second-order valence-electron chi connectivity index (χ2n) is 3.43. The molecule has 5 heteroatoms. The van der Waals surface area contributed by atoms with Crippen molar-refractivity contribution in [2.75, 3.05) is 0 Å². The highest BCUT2D eigenvalue weighted by Crippen LogP contribution is 2.30. The Bertz CT molecular complexity index is 560. The van der Waals surface area contributed by atoms with Crippen molar-refractivity contribution >= 4 is 23.2 Å². The number of halogens is 3. The molecule has 0 aliphatic heterocycles. The van der Waals surface area contributed by atoms with Crippen molar-refractivity contribution in [1.82, 2.24) is 4.98 Å². The summed E-state index contributed by atoms with van der Waals surface area (Å²) in [6.07, 6.45) is 1.06. The fraction of sp³-hybridized carbons (Fsp3) is 0.0833. The number of benzene rings is 1. The van der Waals surface area contributed by atoms with Crippen molar-refractivity contribution in [3.05, 3.63) is 52.0 Å². The molecular formula is C12H8Cl2FNO. The van der Waals surface area contributed by atoms with Crippen LogP contribution >= 0.6 is 23.2 Å². The summed E-state index contributed by atoms with van der Waals surface area (Å²) in [4.78, 5) is 3.82. The van der Waals surface area contributed by atoms with E-state index in [0.717, 1.165) is 6.20 Å². The van der Waals surface area contributed by atoms with Crippen LogP contribution in [0.5, 0.6) is 0 Å². The van der Waals surface area contributed by atoms with Crippen LogP contribution in [0.1, 0.15) is 5.69 Å². The van der Waals surface area contributed by atoms with Gasteiger partial charge < -0.3 is 5.11 Å². The Morgan fingerprint density at radius 3 is 2.59 bits per heavy atom. The van der Waals surface area contributed by atoms with Crippen LogP contribution in [0.15, 0.2) is 30.5 Å². The quantitative estimate of drug-likeness (QED) is 0.904. The Balaban J connectivity index is 2.58. The topological polar surface area (TPSA) is 33.1 Å². The number of hydrogen-bond acceptors (Lipinski definition) is 2. The zero-order valence-electron chi connectivity index (χ0n) is 8.62. The number of nitrogens with zero attached hydrogens (tertiary/aromatic N) is 1. The molecular weight excluding hydrogens is 264 g/mol. The van der Waals surface area contributed by atoms with Crippen LogP contribution in [0.4, 0.5) is 4.39 Å². The number of aliphatic hydroxyl groups is 1. The zero-order chi connectivity index (χ0) is 12.4. The van der Waals surface area contributed by atoms with Gasteiger partial charge in [-0.15, -0.1) is 0 Å². The zero-order valence-corrected chi connectivity index (χ0v) is 10.1. The smallest absolute Gasteiger partial charge is 0.142 e. The van der Waals surface area contributed by atoms with Crippen LogP contribution in [0, 0.1) is 5.82 Å². The highest BCUT2D eigenvalue weighted by atomic mass is 35.5. The minimum Gasteiger partial charge on any atom is -0.390 e. The number of hydrogen-bond donors (Lipinski definition) is 1. The summed E-state index contributed by atoms with van der Waals surface area (Å²) in [6, 6.07) is 6.23. The molecule has 1 aromatic heterocycles. The van der Waals surface area contributed by atoms with Gasteiger partial charge in [-0.25, -0.2) is 4.39 Å². The molecule has 0 bridgehead atoms. The second kappa shape index (κ2) is 5.00. The third-order valence-corrected chi connectivity index (χ3v) is 3.06. The molecule has 0 saturated carbocycles. The van der Waals surface area contributed by atoms with Gasteiger partial charge >= 0.3 is 0 Å². The van der Waals surface area contributed by atoms with E-state index in [1.807, 2.05) is 0 Å². The van der Waals surface area contributed by atoms with Gasteiger partial charge in [0.25, 0.3) is 0 Å². The van der Waals surface area contributed by atoms with Crippen molar-refractivity contribution in [3.63, 3.8) is 0 Å². The first-order valence-corrected chi connectivity index (χ1v) is 5.58. The predicted molar refractivity (Wildman–Crippen MR) is 65.6 cm³/mol. The number of pyridine rings is 1. The van der Waals surface area contributed by atoms with Crippen LogP contribution in [0.3, 0.4) is 0 Å². The van der Waals surface area contributed by atoms with Crippen molar-refractivity contribution in [3.8, 4) is 11.1 Å². The first-order valence-electron chi connectivity index (χ1n) is 4.82. The number of aliphatic hydroxyl groups excluding tert-OH is 1. The van der Waals surface area contributed by atoms with Crippen molar-refractivity contribution in [2.24, 2.45) is 0 Å². The molecule has 1 N–H and O–H groups in total. The van der Waals surface area contributed by atoms with E-state index in [1.165, 1.54) is 6.07 Å². The van der Waals surface area contributed by atoms with Gasteiger partial charge in [-0.3, -0.25) is 4.98 Å². The monoisotopic (exact) mass is 271 g/mol. The van der Waals surface area contributed by atoms with E-state index < -0.39 is 5.82 Å². The van der Waals surface area contributed by atoms with Gasteiger partial charge in [-0.1, -0.05) is 29.3 Å². The maximum absolute atomic E-state index is 13.1. The second-order valence-corrected chi connectivity index (χ2v) is 4.25. The fourth-order valence-corrected chi connectivity index (χ4v) is 1.81. The summed E-state index contributed by atoms with van der Waals surface area (Å²) in [5.74, 6) is -0.469.